The molecule has 3 heteroatoms. The van der Waals surface area contributed by atoms with Crippen LogP contribution in [0, 0.1) is 12.3 Å². The van der Waals surface area contributed by atoms with E-state index in [2.05, 4.69) is 38.3 Å². The highest BCUT2D eigenvalue weighted by molar-refractivity contribution is 5.34. The number of aryl methyl sites for hydroxylation is 1. The SMILES string of the molecule is Cc1cc2c(n1C(C)c1ccco1)CC(C)(C)CC2O. The van der Waals surface area contributed by atoms with E-state index < -0.39 is 0 Å². The van der Waals surface area contributed by atoms with Crippen molar-refractivity contribution in [2.24, 2.45) is 5.41 Å². The zero-order chi connectivity index (χ0) is 14.5. The molecule has 1 N–H and O–H groups in total. The molecule has 20 heavy (non-hydrogen) atoms. The molecule has 2 aromatic heterocycles. The van der Waals surface area contributed by atoms with Crippen LogP contribution in [0.25, 0.3) is 0 Å². The van der Waals surface area contributed by atoms with Gasteiger partial charge in [0.05, 0.1) is 18.4 Å². The van der Waals surface area contributed by atoms with Gasteiger partial charge in [0, 0.05) is 17.0 Å². The third kappa shape index (κ3) is 2.10. The van der Waals surface area contributed by atoms with Crippen LogP contribution in [0.1, 0.15) is 62.0 Å². The molecule has 0 fully saturated rings. The van der Waals surface area contributed by atoms with Gasteiger partial charge in [-0.3, -0.25) is 0 Å². The molecule has 3 nitrogen and oxygen atoms in total. The minimum Gasteiger partial charge on any atom is -0.467 e. The summed E-state index contributed by atoms with van der Waals surface area (Å²) in [5.41, 5.74) is 3.68. The molecule has 0 radical (unpaired) electrons. The molecule has 1 aliphatic carbocycles. The summed E-state index contributed by atoms with van der Waals surface area (Å²) >= 11 is 0. The first-order chi connectivity index (χ1) is 9.39. The maximum absolute atomic E-state index is 10.4. The zero-order valence-corrected chi connectivity index (χ0v) is 12.7. The second kappa shape index (κ2) is 4.52. The van der Waals surface area contributed by atoms with Gasteiger partial charge in [-0.05, 0) is 50.3 Å². The molecule has 2 atom stereocenters. The van der Waals surface area contributed by atoms with Crippen LogP contribution >= 0.6 is 0 Å². The van der Waals surface area contributed by atoms with Crippen molar-refractivity contribution in [3.63, 3.8) is 0 Å². The Morgan fingerprint density at radius 3 is 2.85 bits per heavy atom. The normalized spacial score (nSPS) is 22.6. The third-order valence-electron chi connectivity index (χ3n) is 4.46. The van der Waals surface area contributed by atoms with E-state index in [1.807, 2.05) is 12.1 Å². The molecule has 0 amide bonds. The smallest absolute Gasteiger partial charge is 0.126 e. The van der Waals surface area contributed by atoms with Crippen LogP contribution in [0.3, 0.4) is 0 Å². The lowest BCUT2D eigenvalue weighted by Crippen LogP contribution is -2.27. The van der Waals surface area contributed by atoms with E-state index >= 15 is 0 Å². The van der Waals surface area contributed by atoms with Crippen LogP contribution in [-0.4, -0.2) is 9.67 Å². The number of hydrogen-bond acceptors (Lipinski definition) is 2. The Labute approximate surface area is 120 Å². The van der Waals surface area contributed by atoms with Crippen molar-refractivity contribution in [3.05, 3.63) is 47.2 Å². The molecule has 0 spiro atoms. The average molecular weight is 273 g/mol. The van der Waals surface area contributed by atoms with Crippen molar-refractivity contribution in [3.8, 4) is 0 Å². The molecular weight excluding hydrogens is 250 g/mol. The number of aromatic nitrogens is 1. The average Bonchev–Trinajstić information content (AvgIpc) is 2.94. The lowest BCUT2D eigenvalue weighted by Gasteiger charge is -2.34. The molecule has 0 saturated heterocycles. The number of furan rings is 1. The highest BCUT2D eigenvalue weighted by atomic mass is 16.3. The topological polar surface area (TPSA) is 38.3 Å². The van der Waals surface area contributed by atoms with Crippen LogP contribution in [-0.2, 0) is 6.42 Å². The van der Waals surface area contributed by atoms with Crippen LogP contribution in [0.5, 0.6) is 0 Å². The maximum Gasteiger partial charge on any atom is 0.126 e. The molecule has 2 unspecified atom stereocenters. The van der Waals surface area contributed by atoms with Gasteiger partial charge in [-0.1, -0.05) is 13.8 Å². The molecular formula is C17H23NO2. The quantitative estimate of drug-likeness (QED) is 0.898. The second-order valence-electron chi connectivity index (χ2n) is 6.81. The number of aliphatic hydroxyl groups is 1. The van der Waals surface area contributed by atoms with Gasteiger partial charge < -0.3 is 14.1 Å². The largest absolute Gasteiger partial charge is 0.467 e. The standard InChI is InChI=1S/C17H23NO2/c1-11-8-13-14(9-17(3,4)10-15(13)19)18(11)12(2)16-6-5-7-20-16/h5-8,12,15,19H,9-10H2,1-4H3. The lowest BCUT2D eigenvalue weighted by atomic mass is 9.75. The Kier molecular flexibility index (Phi) is 3.05. The highest BCUT2D eigenvalue weighted by Gasteiger charge is 2.35. The van der Waals surface area contributed by atoms with E-state index in [1.54, 1.807) is 6.26 Å². The molecule has 0 aromatic carbocycles. The van der Waals surface area contributed by atoms with Gasteiger partial charge in [-0.2, -0.15) is 0 Å². The first-order valence-corrected chi connectivity index (χ1v) is 7.31. The Morgan fingerprint density at radius 1 is 1.45 bits per heavy atom. The summed E-state index contributed by atoms with van der Waals surface area (Å²) in [5, 5.41) is 10.4. The fourth-order valence-electron chi connectivity index (χ4n) is 3.56. The van der Waals surface area contributed by atoms with Crippen molar-refractivity contribution in [1.29, 1.82) is 0 Å². The van der Waals surface area contributed by atoms with E-state index in [1.165, 1.54) is 11.4 Å². The van der Waals surface area contributed by atoms with Crippen LogP contribution in [0.4, 0.5) is 0 Å². The molecule has 0 aliphatic heterocycles. The minimum atomic E-state index is -0.350. The summed E-state index contributed by atoms with van der Waals surface area (Å²) in [4.78, 5) is 0. The summed E-state index contributed by atoms with van der Waals surface area (Å²) < 4.78 is 7.88. The number of nitrogens with zero attached hydrogens (tertiary/aromatic N) is 1. The summed E-state index contributed by atoms with van der Waals surface area (Å²) in [7, 11) is 0. The van der Waals surface area contributed by atoms with E-state index in [-0.39, 0.29) is 17.6 Å². The van der Waals surface area contributed by atoms with E-state index in [0.29, 0.717) is 0 Å². The summed E-state index contributed by atoms with van der Waals surface area (Å²) in [6, 6.07) is 6.24. The lowest BCUT2D eigenvalue weighted by molar-refractivity contribution is 0.0976. The monoisotopic (exact) mass is 273 g/mol. The molecule has 0 saturated carbocycles. The van der Waals surface area contributed by atoms with Gasteiger partial charge in [-0.25, -0.2) is 0 Å². The molecule has 2 aromatic rings. The number of rotatable bonds is 2. The van der Waals surface area contributed by atoms with Crippen molar-refractivity contribution < 1.29 is 9.52 Å². The van der Waals surface area contributed by atoms with Crippen molar-refractivity contribution >= 4 is 0 Å². The van der Waals surface area contributed by atoms with Crippen molar-refractivity contribution in [2.45, 2.75) is 52.7 Å². The first kappa shape index (κ1) is 13.5. The Bertz CT molecular complexity index is 607. The van der Waals surface area contributed by atoms with Gasteiger partial charge in [0.2, 0.25) is 0 Å². The molecule has 108 valence electrons. The summed E-state index contributed by atoms with van der Waals surface area (Å²) in [6.07, 6.45) is 3.20. The summed E-state index contributed by atoms with van der Waals surface area (Å²) in [5.74, 6) is 0.962. The Morgan fingerprint density at radius 2 is 2.20 bits per heavy atom. The van der Waals surface area contributed by atoms with Gasteiger partial charge in [0.1, 0.15) is 5.76 Å². The van der Waals surface area contributed by atoms with Gasteiger partial charge >= 0.3 is 0 Å². The fraction of sp³-hybridized carbons (Fsp3) is 0.529. The Balaban J connectivity index is 2.09. The number of aliphatic hydroxyl groups excluding tert-OH is 1. The maximum atomic E-state index is 10.4. The first-order valence-electron chi connectivity index (χ1n) is 7.31. The number of hydrogen-bond donors (Lipinski definition) is 1. The van der Waals surface area contributed by atoms with Gasteiger partial charge in [-0.15, -0.1) is 0 Å². The zero-order valence-electron chi connectivity index (χ0n) is 12.7. The molecule has 2 heterocycles. The third-order valence-corrected chi connectivity index (χ3v) is 4.46. The van der Waals surface area contributed by atoms with Crippen molar-refractivity contribution in [1.82, 2.24) is 4.57 Å². The van der Waals surface area contributed by atoms with E-state index in [4.69, 9.17) is 4.42 Å². The van der Waals surface area contributed by atoms with Gasteiger partial charge in [0.15, 0.2) is 0 Å². The highest BCUT2D eigenvalue weighted by Crippen LogP contribution is 2.43. The van der Waals surface area contributed by atoms with Gasteiger partial charge in [0.25, 0.3) is 0 Å². The van der Waals surface area contributed by atoms with Crippen molar-refractivity contribution in [2.75, 3.05) is 0 Å². The fourth-order valence-corrected chi connectivity index (χ4v) is 3.56. The van der Waals surface area contributed by atoms with E-state index in [0.717, 1.165) is 24.2 Å². The van der Waals surface area contributed by atoms with E-state index in [9.17, 15) is 5.11 Å². The molecule has 1 aliphatic rings. The molecule has 0 bridgehead atoms. The minimum absolute atomic E-state index is 0.137. The predicted octanol–water partition coefficient (Wildman–Crippen LogP) is 4.00. The summed E-state index contributed by atoms with van der Waals surface area (Å²) in [6.45, 7) is 8.71. The predicted molar refractivity (Wildman–Crippen MR) is 78.8 cm³/mol. The van der Waals surface area contributed by atoms with Crippen LogP contribution in [0.2, 0.25) is 0 Å². The van der Waals surface area contributed by atoms with Crippen LogP contribution in [0.15, 0.2) is 28.9 Å². The Hall–Kier alpha value is -1.48. The number of fused-ring (bicyclic) bond motifs is 1. The molecule has 3 rings (SSSR count). The van der Waals surface area contributed by atoms with Crippen LogP contribution < -0.4 is 0 Å². The second-order valence-corrected chi connectivity index (χ2v) is 6.81.